The second kappa shape index (κ2) is 11.5. The lowest BCUT2D eigenvalue weighted by Crippen LogP contribution is -2.27. The number of rotatable bonds is 8. The Morgan fingerprint density at radius 1 is 1.15 bits per heavy atom. The number of nitrogens with zero attached hydrogens (tertiary/aromatic N) is 1. The van der Waals surface area contributed by atoms with Crippen LogP contribution in [0, 0.1) is 5.82 Å². The molecule has 8 heteroatoms. The van der Waals surface area contributed by atoms with Crippen LogP contribution in [0.4, 0.5) is 10.1 Å². The van der Waals surface area contributed by atoms with E-state index in [4.69, 9.17) is 19.9 Å². The van der Waals surface area contributed by atoms with Gasteiger partial charge in [0.05, 0.1) is 26.5 Å². The number of benzene rings is 2. The normalized spacial score (nSPS) is 11.9. The third-order valence-electron chi connectivity index (χ3n) is 3.72. The Kier molecular flexibility index (Phi) is 9.70. The summed E-state index contributed by atoms with van der Waals surface area (Å²) < 4.78 is 29.9. The van der Waals surface area contributed by atoms with Crippen LogP contribution in [0.25, 0.3) is 0 Å². The van der Waals surface area contributed by atoms with Gasteiger partial charge in [0.1, 0.15) is 17.6 Å². The van der Waals surface area contributed by atoms with Crippen molar-refractivity contribution in [3.63, 3.8) is 0 Å². The van der Waals surface area contributed by atoms with Crippen molar-refractivity contribution in [2.24, 2.45) is 10.7 Å². The van der Waals surface area contributed by atoms with Crippen molar-refractivity contribution < 1.29 is 18.6 Å². The van der Waals surface area contributed by atoms with Gasteiger partial charge in [0.15, 0.2) is 17.5 Å². The van der Waals surface area contributed by atoms with Gasteiger partial charge in [0.25, 0.3) is 0 Å². The number of para-hydroxylation sites is 1. The summed E-state index contributed by atoms with van der Waals surface area (Å²) in [4.78, 5) is 4.29. The summed E-state index contributed by atoms with van der Waals surface area (Å²) >= 11 is 0. The standard InChI is InChI=1S/C19H24FN3O3.HI/c1-4-13(26-17-8-6-5-7-15(17)20)12-22-19(21)23-16-11-14(24-2)9-10-18(16)25-3;/h5-11,13H,4,12H2,1-3H3,(H3,21,22,23);1H. The molecule has 1 atom stereocenters. The van der Waals surface area contributed by atoms with E-state index in [-0.39, 0.29) is 48.3 Å². The minimum absolute atomic E-state index is 0. The number of methoxy groups -OCH3 is 2. The van der Waals surface area contributed by atoms with E-state index in [1.54, 1.807) is 50.6 Å². The van der Waals surface area contributed by atoms with Gasteiger partial charge in [-0.3, -0.25) is 0 Å². The molecule has 0 saturated carbocycles. The van der Waals surface area contributed by atoms with Gasteiger partial charge in [-0.25, -0.2) is 9.38 Å². The maximum absolute atomic E-state index is 13.7. The summed E-state index contributed by atoms with van der Waals surface area (Å²) in [5.41, 5.74) is 6.60. The summed E-state index contributed by atoms with van der Waals surface area (Å²) in [6.45, 7) is 2.23. The SMILES string of the molecule is CCC(CN=C(N)Nc1cc(OC)ccc1OC)Oc1ccccc1F.I. The lowest BCUT2D eigenvalue weighted by molar-refractivity contribution is 0.197. The molecule has 27 heavy (non-hydrogen) atoms. The van der Waals surface area contributed by atoms with E-state index in [0.717, 1.165) is 0 Å². The highest BCUT2D eigenvalue weighted by Gasteiger charge is 2.11. The highest BCUT2D eigenvalue weighted by molar-refractivity contribution is 14.0. The van der Waals surface area contributed by atoms with Crippen LogP contribution in [0.15, 0.2) is 47.5 Å². The molecule has 0 aromatic heterocycles. The molecule has 2 rings (SSSR count). The van der Waals surface area contributed by atoms with Gasteiger partial charge in [0.2, 0.25) is 0 Å². The molecule has 0 aliphatic carbocycles. The largest absolute Gasteiger partial charge is 0.497 e. The van der Waals surface area contributed by atoms with Crippen molar-refractivity contribution in [2.45, 2.75) is 19.4 Å². The van der Waals surface area contributed by atoms with E-state index in [1.807, 2.05) is 6.92 Å². The first-order valence-electron chi connectivity index (χ1n) is 8.27. The van der Waals surface area contributed by atoms with Crippen molar-refractivity contribution in [3.8, 4) is 17.2 Å². The minimum atomic E-state index is -0.401. The summed E-state index contributed by atoms with van der Waals surface area (Å²) in [5.74, 6) is 1.28. The molecule has 0 heterocycles. The number of guanidine groups is 1. The molecular weight excluding hydrogens is 464 g/mol. The van der Waals surface area contributed by atoms with Crippen LogP contribution in [0.1, 0.15) is 13.3 Å². The third-order valence-corrected chi connectivity index (χ3v) is 3.72. The number of anilines is 1. The molecule has 0 spiro atoms. The third kappa shape index (κ3) is 6.78. The minimum Gasteiger partial charge on any atom is -0.497 e. The van der Waals surface area contributed by atoms with E-state index < -0.39 is 5.82 Å². The highest BCUT2D eigenvalue weighted by atomic mass is 127. The maximum atomic E-state index is 13.7. The zero-order chi connectivity index (χ0) is 18.9. The van der Waals surface area contributed by atoms with Crippen molar-refractivity contribution in [3.05, 3.63) is 48.3 Å². The van der Waals surface area contributed by atoms with Crippen LogP contribution in [-0.2, 0) is 0 Å². The van der Waals surface area contributed by atoms with Gasteiger partial charge in [-0.1, -0.05) is 19.1 Å². The molecular formula is C19H25FIN3O3. The molecule has 0 aliphatic heterocycles. The smallest absolute Gasteiger partial charge is 0.193 e. The van der Waals surface area contributed by atoms with Crippen LogP contribution in [0.2, 0.25) is 0 Å². The average molecular weight is 489 g/mol. The summed E-state index contributed by atoms with van der Waals surface area (Å²) in [5, 5.41) is 2.98. The highest BCUT2D eigenvalue weighted by Crippen LogP contribution is 2.28. The Morgan fingerprint density at radius 2 is 1.89 bits per heavy atom. The van der Waals surface area contributed by atoms with Gasteiger partial charge in [-0.15, -0.1) is 24.0 Å². The van der Waals surface area contributed by atoms with E-state index in [2.05, 4.69) is 10.3 Å². The number of nitrogens with two attached hydrogens (primary N) is 1. The second-order valence-electron chi connectivity index (χ2n) is 5.50. The molecule has 0 aliphatic rings. The average Bonchev–Trinajstić information content (AvgIpc) is 2.66. The van der Waals surface area contributed by atoms with E-state index in [9.17, 15) is 4.39 Å². The van der Waals surface area contributed by atoms with E-state index in [0.29, 0.717) is 23.6 Å². The summed E-state index contributed by atoms with van der Waals surface area (Å²) in [6.07, 6.45) is 0.368. The molecule has 148 valence electrons. The van der Waals surface area contributed by atoms with Gasteiger partial charge in [-0.05, 0) is 30.7 Å². The molecule has 0 radical (unpaired) electrons. The summed E-state index contributed by atoms with van der Waals surface area (Å²) in [7, 11) is 3.14. The van der Waals surface area contributed by atoms with Crippen LogP contribution in [0.3, 0.4) is 0 Å². The first kappa shape index (κ1) is 22.8. The molecule has 0 amide bonds. The number of hydrogen-bond acceptors (Lipinski definition) is 4. The Morgan fingerprint density at radius 3 is 2.52 bits per heavy atom. The molecule has 2 aromatic carbocycles. The fourth-order valence-corrected chi connectivity index (χ4v) is 2.26. The topological polar surface area (TPSA) is 78.1 Å². The summed E-state index contributed by atoms with van der Waals surface area (Å²) in [6, 6.07) is 11.6. The zero-order valence-corrected chi connectivity index (χ0v) is 17.9. The van der Waals surface area contributed by atoms with Crippen molar-refractivity contribution in [1.82, 2.24) is 0 Å². The monoisotopic (exact) mass is 489 g/mol. The second-order valence-corrected chi connectivity index (χ2v) is 5.50. The van der Waals surface area contributed by atoms with Gasteiger partial charge in [-0.2, -0.15) is 0 Å². The molecule has 6 nitrogen and oxygen atoms in total. The molecule has 3 N–H and O–H groups in total. The fraction of sp³-hybridized carbons (Fsp3) is 0.316. The number of hydrogen-bond donors (Lipinski definition) is 2. The number of ether oxygens (including phenoxy) is 3. The van der Waals surface area contributed by atoms with E-state index >= 15 is 0 Å². The Hall–Kier alpha value is -2.23. The van der Waals surface area contributed by atoms with Crippen LogP contribution >= 0.6 is 24.0 Å². The fourth-order valence-electron chi connectivity index (χ4n) is 2.26. The first-order chi connectivity index (χ1) is 12.6. The Bertz CT molecular complexity index is 759. The molecule has 0 bridgehead atoms. The van der Waals surface area contributed by atoms with Gasteiger partial charge < -0.3 is 25.3 Å². The number of aliphatic imine (C=N–C) groups is 1. The number of halogens is 2. The van der Waals surface area contributed by atoms with Gasteiger partial charge >= 0.3 is 0 Å². The van der Waals surface area contributed by atoms with Crippen LogP contribution < -0.4 is 25.3 Å². The molecule has 1 unspecified atom stereocenters. The lowest BCUT2D eigenvalue weighted by Gasteiger charge is -2.17. The number of nitrogens with one attached hydrogen (secondary N) is 1. The Balaban J connectivity index is 0.00000364. The predicted molar refractivity (Wildman–Crippen MR) is 116 cm³/mol. The van der Waals surface area contributed by atoms with E-state index in [1.165, 1.54) is 6.07 Å². The molecule has 0 fully saturated rings. The van der Waals surface area contributed by atoms with Crippen molar-refractivity contribution in [2.75, 3.05) is 26.1 Å². The van der Waals surface area contributed by atoms with Crippen molar-refractivity contribution in [1.29, 1.82) is 0 Å². The van der Waals surface area contributed by atoms with Gasteiger partial charge in [0, 0.05) is 6.07 Å². The quantitative estimate of drug-likeness (QED) is 0.333. The molecule has 2 aromatic rings. The predicted octanol–water partition coefficient (Wildman–Crippen LogP) is 4.05. The Labute approximate surface area is 175 Å². The van der Waals surface area contributed by atoms with Crippen molar-refractivity contribution >= 4 is 35.6 Å². The maximum Gasteiger partial charge on any atom is 0.193 e. The molecule has 0 saturated heterocycles. The van der Waals surface area contributed by atoms with Crippen LogP contribution in [0.5, 0.6) is 17.2 Å². The zero-order valence-electron chi connectivity index (χ0n) is 15.6. The first-order valence-corrected chi connectivity index (χ1v) is 8.27. The van der Waals surface area contributed by atoms with Crippen LogP contribution in [-0.4, -0.2) is 32.8 Å². The lowest BCUT2D eigenvalue weighted by atomic mass is 10.2.